The SMILES string of the molecule is COCCn1c(C)cc(C(=O)COC(=O)COc2ccc(Br)cc2)c1C. The fraction of sp³-hybridized carbons (Fsp3) is 0.368. The Balaban J connectivity index is 1.86. The van der Waals surface area contributed by atoms with Crippen molar-refractivity contribution < 1.29 is 23.8 Å². The second kappa shape index (κ2) is 9.54. The van der Waals surface area contributed by atoms with Gasteiger partial charge in [-0.15, -0.1) is 0 Å². The van der Waals surface area contributed by atoms with Crippen molar-refractivity contribution in [2.45, 2.75) is 20.4 Å². The molecule has 0 aliphatic rings. The van der Waals surface area contributed by atoms with Gasteiger partial charge in [-0.1, -0.05) is 15.9 Å². The van der Waals surface area contributed by atoms with Crippen molar-refractivity contribution in [1.82, 2.24) is 4.57 Å². The van der Waals surface area contributed by atoms with E-state index in [1.807, 2.05) is 30.5 Å². The second-order valence-electron chi connectivity index (χ2n) is 5.76. The zero-order chi connectivity index (χ0) is 19.1. The van der Waals surface area contributed by atoms with Crippen LogP contribution in [-0.2, 0) is 20.8 Å². The van der Waals surface area contributed by atoms with Gasteiger partial charge in [0.05, 0.1) is 6.61 Å². The third-order valence-electron chi connectivity index (χ3n) is 3.93. The van der Waals surface area contributed by atoms with Crippen LogP contribution < -0.4 is 4.74 Å². The molecule has 1 aromatic heterocycles. The predicted molar refractivity (Wildman–Crippen MR) is 101 cm³/mol. The molecule has 0 saturated heterocycles. The highest BCUT2D eigenvalue weighted by Crippen LogP contribution is 2.17. The molecule has 0 bridgehead atoms. The topological polar surface area (TPSA) is 66.8 Å². The van der Waals surface area contributed by atoms with Gasteiger partial charge >= 0.3 is 5.97 Å². The van der Waals surface area contributed by atoms with Crippen molar-refractivity contribution in [3.63, 3.8) is 0 Å². The maximum Gasteiger partial charge on any atom is 0.344 e. The average molecular weight is 424 g/mol. The van der Waals surface area contributed by atoms with Crippen LogP contribution in [0.5, 0.6) is 5.75 Å². The molecule has 6 nitrogen and oxygen atoms in total. The number of benzene rings is 1. The normalized spacial score (nSPS) is 10.6. The molecule has 140 valence electrons. The molecular weight excluding hydrogens is 402 g/mol. The minimum atomic E-state index is -0.588. The van der Waals surface area contributed by atoms with Crippen LogP contribution in [-0.4, -0.2) is 43.3 Å². The van der Waals surface area contributed by atoms with Crippen LogP contribution in [0.25, 0.3) is 0 Å². The average Bonchev–Trinajstić information content (AvgIpc) is 2.91. The molecule has 0 fully saturated rings. The molecule has 0 atom stereocenters. The summed E-state index contributed by atoms with van der Waals surface area (Å²) in [7, 11) is 1.63. The Morgan fingerprint density at radius 1 is 1.12 bits per heavy atom. The first-order valence-electron chi connectivity index (χ1n) is 8.15. The first-order chi connectivity index (χ1) is 12.4. The third kappa shape index (κ3) is 5.44. The van der Waals surface area contributed by atoms with Gasteiger partial charge in [0.2, 0.25) is 5.78 Å². The quantitative estimate of drug-likeness (QED) is 0.457. The van der Waals surface area contributed by atoms with Gasteiger partial charge in [0.1, 0.15) is 5.75 Å². The van der Waals surface area contributed by atoms with Crippen LogP contribution in [0.1, 0.15) is 21.7 Å². The first kappa shape index (κ1) is 20.2. The van der Waals surface area contributed by atoms with E-state index >= 15 is 0 Å². The number of rotatable bonds is 9. The summed E-state index contributed by atoms with van der Waals surface area (Å²) >= 11 is 3.32. The monoisotopic (exact) mass is 423 g/mol. The third-order valence-corrected chi connectivity index (χ3v) is 4.46. The van der Waals surface area contributed by atoms with Crippen molar-refractivity contribution in [3.05, 3.63) is 51.8 Å². The smallest absolute Gasteiger partial charge is 0.344 e. The van der Waals surface area contributed by atoms with E-state index in [-0.39, 0.29) is 19.0 Å². The number of Topliss-reactive ketones (excluding diaryl/α,β-unsaturated/α-hetero) is 1. The number of nitrogens with zero attached hydrogens (tertiary/aromatic N) is 1. The van der Waals surface area contributed by atoms with Crippen LogP contribution in [0.15, 0.2) is 34.8 Å². The summed E-state index contributed by atoms with van der Waals surface area (Å²) in [6.07, 6.45) is 0. The number of ether oxygens (including phenoxy) is 3. The lowest BCUT2D eigenvalue weighted by Gasteiger charge is -2.09. The number of aryl methyl sites for hydroxylation is 1. The highest BCUT2D eigenvalue weighted by Gasteiger charge is 2.17. The number of hydrogen-bond donors (Lipinski definition) is 0. The summed E-state index contributed by atoms with van der Waals surface area (Å²) in [5.41, 5.74) is 2.36. The van der Waals surface area contributed by atoms with Crippen molar-refractivity contribution in [3.8, 4) is 5.75 Å². The molecule has 0 amide bonds. The maximum atomic E-state index is 12.4. The Morgan fingerprint density at radius 3 is 2.46 bits per heavy atom. The van der Waals surface area contributed by atoms with Crippen LogP contribution in [0, 0.1) is 13.8 Å². The Bertz CT molecular complexity index is 767. The Hall–Kier alpha value is -2.12. The highest BCUT2D eigenvalue weighted by atomic mass is 79.9. The second-order valence-corrected chi connectivity index (χ2v) is 6.67. The minimum absolute atomic E-state index is 0.237. The van der Waals surface area contributed by atoms with Gasteiger partial charge in [-0.3, -0.25) is 4.79 Å². The maximum absolute atomic E-state index is 12.4. The highest BCUT2D eigenvalue weighted by molar-refractivity contribution is 9.10. The molecule has 1 heterocycles. The Kier molecular flexibility index (Phi) is 7.41. The van der Waals surface area contributed by atoms with E-state index in [0.717, 1.165) is 15.9 Å². The zero-order valence-corrected chi connectivity index (χ0v) is 16.7. The zero-order valence-electron chi connectivity index (χ0n) is 15.1. The van der Waals surface area contributed by atoms with Crippen molar-refractivity contribution in [1.29, 1.82) is 0 Å². The molecule has 0 aliphatic carbocycles. The molecule has 1 aromatic carbocycles. The molecule has 0 spiro atoms. The number of carbonyl (C=O) groups is 2. The molecular formula is C19H22BrNO5. The van der Waals surface area contributed by atoms with E-state index in [2.05, 4.69) is 15.9 Å². The number of halogens is 1. The fourth-order valence-corrected chi connectivity index (χ4v) is 2.81. The van der Waals surface area contributed by atoms with E-state index in [0.29, 0.717) is 24.5 Å². The van der Waals surface area contributed by atoms with E-state index in [4.69, 9.17) is 14.2 Å². The summed E-state index contributed by atoms with van der Waals surface area (Å²) in [5.74, 6) is -0.272. The van der Waals surface area contributed by atoms with Crippen molar-refractivity contribution >= 4 is 27.7 Å². The molecule has 7 heteroatoms. The number of aromatic nitrogens is 1. The lowest BCUT2D eigenvalue weighted by Crippen LogP contribution is -2.20. The van der Waals surface area contributed by atoms with Crippen LogP contribution >= 0.6 is 15.9 Å². The number of ketones is 1. The lowest BCUT2D eigenvalue weighted by atomic mass is 10.1. The number of methoxy groups -OCH3 is 1. The molecule has 0 unspecified atom stereocenters. The van der Waals surface area contributed by atoms with E-state index in [1.165, 1.54) is 0 Å². The van der Waals surface area contributed by atoms with Gasteiger partial charge in [-0.25, -0.2) is 4.79 Å². The minimum Gasteiger partial charge on any atom is -0.482 e. The molecule has 0 saturated carbocycles. The number of esters is 1. The summed E-state index contributed by atoms with van der Waals surface area (Å²) in [5, 5.41) is 0. The first-order valence-corrected chi connectivity index (χ1v) is 8.94. The predicted octanol–water partition coefficient (Wildman–Crippen LogP) is 3.32. The summed E-state index contributed by atoms with van der Waals surface area (Å²) in [4.78, 5) is 24.1. The molecule has 0 N–H and O–H groups in total. The van der Waals surface area contributed by atoms with Gasteiger partial charge < -0.3 is 18.8 Å². The summed E-state index contributed by atoms with van der Waals surface area (Å²) < 4.78 is 18.4. The van der Waals surface area contributed by atoms with Crippen LogP contribution in [0.3, 0.4) is 0 Å². The number of carbonyl (C=O) groups excluding carboxylic acids is 2. The van der Waals surface area contributed by atoms with Crippen LogP contribution in [0.2, 0.25) is 0 Å². The Morgan fingerprint density at radius 2 is 1.81 bits per heavy atom. The number of hydrogen-bond acceptors (Lipinski definition) is 5. The van der Waals surface area contributed by atoms with E-state index in [1.54, 1.807) is 25.3 Å². The van der Waals surface area contributed by atoms with Gasteiger partial charge in [-0.2, -0.15) is 0 Å². The largest absolute Gasteiger partial charge is 0.482 e. The fourth-order valence-electron chi connectivity index (χ4n) is 2.55. The summed E-state index contributed by atoms with van der Waals surface area (Å²) in [6, 6.07) is 8.89. The van der Waals surface area contributed by atoms with Crippen LogP contribution in [0.4, 0.5) is 0 Å². The van der Waals surface area contributed by atoms with Crippen molar-refractivity contribution in [2.75, 3.05) is 26.9 Å². The van der Waals surface area contributed by atoms with E-state index in [9.17, 15) is 9.59 Å². The molecule has 2 aromatic rings. The van der Waals surface area contributed by atoms with Gasteiger partial charge in [0, 0.05) is 35.1 Å². The van der Waals surface area contributed by atoms with Gasteiger partial charge in [-0.05, 0) is 44.2 Å². The lowest BCUT2D eigenvalue weighted by molar-refractivity contribution is -0.144. The Labute approximate surface area is 161 Å². The van der Waals surface area contributed by atoms with Gasteiger partial charge in [0.15, 0.2) is 13.2 Å². The molecule has 0 aliphatic heterocycles. The van der Waals surface area contributed by atoms with Gasteiger partial charge in [0.25, 0.3) is 0 Å². The molecule has 0 radical (unpaired) electrons. The van der Waals surface area contributed by atoms with E-state index < -0.39 is 5.97 Å². The molecule has 26 heavy (non-hydrogen) atoms. The van der Waals surface area contributed by atoms with Crippen molar-refractivity contribution in [2.24, 2.45) is 0 Å². The summed E-state index contributed by atoms with van der Waals surface area (Å²) in [6.45, 7) is 4.47. The molecule has 2 rings (SSSR count). The standard InChI is InChI=1S/C19H22BrNO5/c1-13-10-17(14(2)21(13)8-9-24-3)18(22)11-26-19(23)12-25-16-6-4-15(20)5-7-16/h4-7,10H,8-9,11-12H2,1-3H3.